The van der Waals surface area contributed by atoms with Gasteiger partial charge in [0.25, 0.3) is 0 Å². The highest BCUT2D eigenvalue weighted by Gasteiger charge is 2.32. The Morgan fingerprint density at radius 3 is 1.52 bits per heavy atom. The molecule has 0 aliphatic carbocycles. The van der Waals surface area contributed by atoms with Crippen molar-refractivity contribution in [2.75, 3.05) is 39.4 Å². The zero-order valence-corrected chi connectivity index (χ0v) is 20.8. The number of hydrogen-bond acceptors (Lipinski definition) is 6. The second-order valence-electron chi connectivity index (χ2n) is 10.4. The SMILES string of the molecule is C.C.C.CCOC(=O)C1CCCN(C(C)(C)C)C1.CCOC(=O)C1CCN(C(C)(C)C)CC1. The number of hydrogen-bond donors (Lipinski definition) is 0. The minimum atomic E-state index is -0.0218. The Hall–Kier alpha value is -1.14. The average molecular weight is 475 g/mol. The molecule has 2 heterocycles. The molecule has 0 amide bonds. The van der Waals surface area contributed by atoms with E-state index in [1.807, 2.05) is 13.8 Å². The molecule has 1 unspecified atom stereocenters. The van der Waals surface area contributed by atoms with E-state index >= 15 is 0 Å². The summed E-state index contributed by atoms with van der Waals surface area (Å²) in [6, 6.07) is 0. The molecule has 2 saturated heterocycles. The van der Waals surface area contributed by atoms with Crippen LogP contribution in [0.4, 0.5) is 0 Å². The predicted molar refractivity (Wildman–Crippen MR) is 142 cm³/mol. The fraction of sp³-hybridized carbons (Fsp3) is 0.926. The molecule has 0 N–H and O–H groups in total. The molecule has 0 aromatic rings. The van der Waals surface area contributed by atoms with E-state index in [0.29, 0.717) is 13.2 Å². The number of esters is 2. The van der Waals surface area contributed by atoms with E-state index in [1.54, 1.807) is 0 Å². The third-order valence-corrected chi connectivity index (χ3v) is 6.05. The molecule has 0 radical (unpaired) electrons. The molecule has 1 atom stereocenters. The molecule has 0 aromatic heterocycles. The summed E-state index contributed by atoms with van der Waals surface area (Å²) in [5, 5.41) is 0. The normalized spacial score (nSPS) is 20.1. The highest BCUT2D eigenvalue weighted by Crippen LogP contribution is 2.25. The number of likely N-dealkylation sites (tertiary alicyclic amines) is 2. The van der Waals surface area contributed by atoms with E-state index in [-0.39, 0.29) is 57.1 Å². The van der Waals surface area contributed by atoms with Crippen LogP contribution >= 0.6 is 0 Å². The molecule has 0 spiro atoms. The summed E-state index contributed by atoms with van der Waals surface area (Å²) in [4.78, 5) is 27.9. The Kier molecular flexibility index (Phi) is 18.2. The van der Waals surface area contributed by atoms with Crippen molar-refractivity contribution in [3.63, 3.8) is 0 Å². The van der Waals surface area contributed by atoms with Crippen LogP contribution in [0.5, 0.6) is 0 Å². The summed E-state index contributed by atoms with van der Waals surface area (Å²) in [6.45, 7) is 21.9. The minimum Gasteiger partial charge on any atom is -0.466 e. The van der Waals surface area contributed by atoms with Crippen LogP contribution in [0.25, 0.3) is 0 Å². The van der Waals surface area contributed by atoms with Gasteiger partial charge in [-0.3, -0.25) is 19.4 Å². The lowest BCUT2D eigenvalue weighted by atomic mass is 9.93. The van der Waals surface area contributed by atoms with Gasteiger partial charge in [-0.15, -0.1) is 0 Å². The standard InChI is InChI=1S/2C12H23NO2.3CH4/c1-5-15-11(14)10-6-8-13(9-7-10)12(2,3)4;1-5-15-11(14)10-7-6-8-13(9-10)12(2,3)4;;;/h2*10H,5-9H2,1-4H3;3*1H4. The van der Waals surface area contributed by atoms with Crippen LogP contribution in [0.3, 0.4) is 0 Å². The lowest BCUT2D eigenvalue weighted by molar-refractivity contribution is -0.151. The van der Waals surface area contributed by atoms with Crippen molar-refractivity contribution in [1.29, 1.82) is 0 Å². The number of piperidine rings is 2. The molecule has 0 aromatic carbocycles. The number of ether oxygens (including phenoxy) is 2. The summed E-state index contributed by atoms with van der Waals surface area (Å²) >= 11 is 0. The van der Waals surface area contributed by atoms with E-state index in [2.05, 4.69) is 51.3 Å². The van der Waals surface area contributed by atoms with Gasteiger partial charge in [-0.25, -0.2) is 0 Å². The molecule has 0 saturated carbocycles. The number of rotatable bonds is 4. The van der Waals surface area contributed by atoms with Crippen LogP contribution in [-0.2, 0) is 19.1 Å². The van der Waals surface area contributed by atoms with Gasteiger partial charge in [0.05, 0.1) is 25.0 Å². The first-order valence-corrected chi connectivity index (χ1v) is 11.7. The average Bonchev–Trinajstić information content (AvgIpc) is 2.68. The van der Waals surface area contributed by atoms with E-state index in [4.69, 9.17) is 9.47 Å². The Bertz CT molecular complexity index is 529. The van der Waals surface area contributed by atoms with Crippen LogP contribution < -0.4 is 0 Å². The summed E-state index contributed by atoms with van der Waals surface area (Å²) in [5.41, 5.74) is 0.380. The zero-order valence-electron chi connectivity index (χ0n) is 20.8. The van der Waals surface area contributed by atoms with E-state index in [1.165, 1.54) is 0 Å². The first-order valence-electron chi connectivity index (χ1n) is 11.7. The van der Waals surface area contributed by atoms with Crippen LogP contribution in [0, 0.1) is 11.8 Å². The number of nitrogens with zero attached hydrogens (tertiary/aromatic N) is 2. The monoisotopic (exact) mass is 474 g/mol. The van der Waals surface area contributed by atoms with Gasteiger partial charge in [0.2, 0.25) is 0 Å². The van der Waals surface area contributed by atoms with Gasteiger partial charge in [0.1, 0.15) is 0 Å². The summed E-state index contributed by atoms with van der Waals surface area (Å²) in [6.07, 6.45) is 3.96. The number of carbonyl (C=O) groups is 2. The number of carbonyl (C=O) groups excluding carboxylic acids is 2. The fourth-order valence-corrected chi connectivity index (χ4v) is 4.09. The molecule has 6 heteroatoms. The second kappa shape index (κ2) is 16.5. The maximum Gasteiger partial charge on any atom is 0.310 e. The van der Waals surface area contributed by atoms with Crippen LogP contribution in [0.15, 0.2) is 0 Å². The van der Waals surface area contributed by atoms with Crippen molar-refractivity contribution in [2.24, 2.45) is 11.8 Å². The van der Waals surface area contributed by atoms with Gasteiger partial charge < -0.3 is 9.47 Å². The topological polar surface area (TPSA) is 59.1 Å². The fourth-order valence-electron chi connectivity index (χ4n) is 4.09. The van der Waals surface area contributed by atoms with Crippen LogP contribution in [0.1, 0.15) is 103 Å². The minimum absolute atomic E-state index is 0. The Morgan fingerprint density at radius 1 is 0.697 bits per heavy atom. The molecule has 200 valence electrons. The lowest BCUT2D eigenvalue weighted by Crippen LogP contribution is -2.49. The maximum atomic E-state index is 11.6. The third-order valence-electron chi connectivity index (χ3n) is 6.05. The summed E-state index contributed by atoms with van der Waals surface area (Å²) in [7, 11) is 0. The van der Waals surface area contributed by atoms with Crippen LogP contribution in [0.2, 0.25) is 0 Å². The van der Waals surface area contributed by atoms with Gasteiger partial charge in [-0.05, 0) is 101 Å². The van der Waals surface area contributed by atoms with Gasteiger partial charge in [0.15, 0.2) is 0 Å². The highest BCUT2D eigenvalue weighted by molar-refractivity contribution is 5.73. The summed E-state index contributed by atoms with van der Waals surface area (Å²) in [5.74, 6) is 0.180. The van der Waals surface area contributed by atoms with E-state index < -0.39 is 0 Å². The van der Waals surface area contributed by atoms with Crippen molar-refractivity contribution in [1.82, 2.24) is 9.80 Å². The van der Waals surface area contributed by atoms with Crippen molar-refractivity contribution < 1.29 is 19.1 Å². The van der Waals surface area contributed by atoms with E-state index in [0.717, 1.165) is 51.9 Å². The van der Waals surface area contributed by atoms with Crippen molar-refractivity contribution in [3.05, 3.63) is 0 Å². The third kappa shape index (κ3) is 12.8. The smallest absolute Gasteiger partial charge is 0.310 e. The first-order chi connectivity index (χ1) is 13.9. The van der Waals surface area contributed by atoms with Gasteiger partial charge in [0, 0.05) is 17.6 Å². The van der Waals surface area contributed by atoms with Crippen molar-refractivity contribution in [3.8, 4) is 0 Å². The van der Waals surface area contributed by atoms with Gasteiger partial charge in [-0.1, -0.05) is 22.3 Å². The quantitative estimate of drug-likeness (QED) is 0.464. The highest BCUT2D eigenvalue weighted by atomic mass is 16.5. The van der Waals surface area contributed by atoms with Crippen molar-refractivity contribution >= 4 is 11.9 Å². The molecule has 6 nitrogen and oxygen atoms in total. The van der Waals surface area contributed by atoms with Crippen molar-refractivity contribution in [2.45, 2.75) is 114 Å². The largest absolute Gasteiger partial charge is 0.466 e. The lowest BCUT2D eigenvalue weighted by Gasteiger charge is -2.40. The second-order valence-corrected chi connectivity index (χ2v) is 10.4. The van der Waals surface area contributed by atoms with Gasteiger partial charge >= 0.3 is 11.9 Å². The van der Waals surface area contributed by atoms with Gasteiger partial charge in [-0.2, -0.15) is 0 Å². The first kappa shape index (κ1) is 36.4. The zero-order chi connectivity index (χ0) is 22.9. The predicted octanol–water partition coefficient (Wildman–Crippen LogP) is 6.03. The Labute approximate surface area is 206 Å². The summed E-state index contributed by atoms with van der Waals surface area (Å²) < 4.78 is 10.1. The Morgan fingerprint density at radius 2 is 1.12 bits per heavy atom. The molecular formula is C27H58N2O4. The maximum absolute atomic E-state index is 11.6. The Balaban J connectivity index is -0.000000500. The molecule has 33 heavy (non-hydrogen) atoms. The molecule has 2 aliphatic rings. The molecule has 0 bridgehead atoms. The molecule has 2 rings (SSSR count). The van der Waals surface area contributed by atoms with Crippen LogP contribution in [-0.4, -0.2) is 72.2 Å². The molecule has 2 fully saturated rings. The molecular weight excluding hydrogens is 416 g/mol. The van der Waals surface area contributed by atoms with E-state index in [9.17, 15) is 9.59 Å². The molecule has 2 aliphatic heterocycles.